The standard InChI is InChI=1S/C21H20ClN5OS/c22-19-16(8-6-15-7-9-18(29-15)17-3-1-2-10-24-17)20(27-21(23)26-19)25-14-5-4-13(11-14)12-28/h1-3,7,9-10,13-14,28H,4-5,11-12H2,(H3,23,25,26,27)/t13-,14+/m1/s1. The quantitative estimate of drug-likeness (QED) is 0.434. The molecule has 0 radical (unpaired) electrons. The van der Waals surface area contributed by atoms with E-state index < -0.39 is 0 Å². The van der Waals surface area contributed by atoms with Gasteiger partial charge in [-0.25, -0.2) is 0 Å². The van der Waals surface area contributed by atoms with Gasteiger partial charge in [0, 0.05) is 18.8 Å². The number of nitrogens with two attached hydrogens (primary N) is 1. The number of aliphatic hydroxyl groups excluding tert-OH is 1. The number of hydrogen-bond donors (Lipinski definition) is 3. The van der Waals surface area contributed by atoms with Crippen LogP contribution in [0.3, 0.4) is 0 Å². The van der Waals surface area contributed by atoms with Crippen LogP contribution in [-0.4, -0.2) is 32.7 Å². The monoisotopic (exact) mass is 425 g/mol. The molecule has 1 aliphatic carbocycles. The highest BCUT2D eigenvalue weighted by molar-refractivity contribution is 7.16. The van der Waals surface area contributed by atoms with Crippen molar-refractivity contribution in [3.8, 4) is 22.4 Å². The number of thiophene rings is 1. The van der Waals surface area contributed by atoms with Gasteiger partial charge in [-0.05, 0) is 49.4 Å². The van der Waals surface area contributed by atoms with E-state index in [4.69, 9.17) is 17.3 Å². The van der Waals surface area contributed by atoms with Crippen LogP contribution in [0.25, 0.3) is 10.6 Å². The Balaban J connectivity index is 1.59. The molecule has 148 valence electrons. The highest BCUT2D eigenvalue weighted by atomic mass is 35.5. The van der Waals surface area contributed by atoms with Crippen LogP contribution in [0.15, 0.2) is 36.5 Å². The molecule has 0 saturated heterocycles. The van der Waals surface area contributed by atoms with E-state index in [1.54, 1.807) is 17.5 Å². The minimum Gasteiger partial charge on any atom is -0.396 e. The molecule has 0 bridgehead atoms. The lowest BCUT2D eigenvalue weighted by atomic mass is 10.1. The molecule has 8 heteroatoms. The second-order valence-electron chi connectivity index (χ2n) is 6.93. The number of rotatable bonds is 4. The van der Waals surface area contributed by atoms with Crippen molar-refractivity contribution >= 4 is 34.7 Å². The fourth-order valence-corrected chi connectivity index (χ4v) is 4.47. The summed E-state index contributed by atoms with van der Waals surface area (Å²) in [4.78, 5) is 14.7. The van der Waals surface area contributed by atoms with Crippen molar-refractivity contribution in [1.82, 2.24) is 15.0 Å². The van der Waals surface area contributed by atoms with Crippen molar-refractivity contribution in [2.75, 3.05) is 17.7 Å². The Morgan fingerprint density at radius 1 is 1.21 bits per heavy atom. The van der Waals surface area contributed by atoms with Crippen LogP contribution in [0.4, 0.5) is 11.8 Å². The number of aromatic nitrogens is 3. The third-order valence-electron chi connectivity index (χ3n) is 4.86. The fourth-order valence-electron chi connectivity index (χ4n) is 3.41. The molecule has 3 aromatic rings. The Morgan fingerprint density at radius 3 is 2.86 bits per heavy atom. The molecule has 4 rings (SSSR count). The Bertz CT molecular complexity index is 1060. The van der Waals surface area contributed by atoms with Gasteiger partial charge in [0.2, 0.25) is 5.95 Å². The number of hydrogen-bond acceptors (Lipinski definition) is 7. The van der Waals surface area contributed by atoms with Crippen molar-refractivity contribution in [3.05, 3.63) is 52.1 Å². The Labute approximate surface area is 178 Å². The number of aliphatic hydroxyl groups is 1. The molecule has 3 heterocycles. The van der Waals surface area contributed by atoms with Crippen molar-refractivity contribution in [2.45, 2.75) is 25.3 Å². The third kappa shape index (κ3) is 4.67. The van der Waals surface area contributed by atoms with Crippen LogP contribution in [0.1, 0.15) is 29.7 Å². The summed E-state index contributed by atoms with van der Waals surface area (Å²) >= 11 is 7.89. The first-order valence-electron chi connectivity index (χ1n) is 9.36. The van der Waals surface area contributed by atoms with Crippen molar-refractivity contribution in [3.63, 3.8) is 0 Å². The zero-order chi connectivity index (χ0) is 20.2. The summed E-state index contributed by atoms with van der Waals surface area (Å²) in [6, 6.07) is 9.99. The Morgan fingerprint density at radius 2 is 2.10 bits per heavy atom. The predicted molar refractivity (Wildman–Crippen MR) is 117 cm³/mol. The smallest absolute Gasteiger partial charge is 0.223 e. The molecule has 3 aromatic heterocycles. The molecule has 0 spiro atoms. The number of nitrogens with one attached hydrogen (secondary N) is 1. The number of nitrogens with zero attached hydrogens (tertiary/aromatic N) is 3. The van der Waals surface area contributed by atoms with Gasteiger partial charge < -0.3 is 16.2 Å². The summed E-state index contributed by atoms with van der Waals surface area (Å²) < 4.78 is 0. The van der Waals surface area contributed by atoms with Crippen molar-refractivity contribution in [2.24, 2.45) is 5.92 Å². The van der Waals surface area contributed by atoms with Gasteiger partial charge in [0.15, 0.2) is 5.15 Å². The molecular formula is C21H20ClN5OS. The molecule has 1 saturated carbocycles. The summed E-state index contributed by atoms with van der Waals surface area (Å²) in [7, 11) is 0. The highest BCUT2D eigenvalue weighted by Crippen LogP contribution is 2.30. The van der Waals surface area contributed by atoms with Crippen LogP contribution in [0, 0.1) is 17.8 Å². The number of anilines is 2. The average Bonchev–Trinajstić information content (AvgIpc) is 3.37. The molecule has 0 aromatic carbocycles. The summed E-state index contributed by atoms with van der Waals surface area (Å²) in [5.74, 6) is 7.22. The summed E-state index contributed by atoms with van der Waals surface area (Å²) in [5.41, 5.74) is 7.24. The van der Waals surface area contributed by atoms with Crippen molar-refractivity contribution < 1.29 is 5.11 Å². The minimum atomic E-state index is 0.105. The molecule has 1 fully saturated rings. The van der Waals surface area contributed by atoms with Gasteiger partial charge in [-0.2, -0.15) is 9.97 Å². The Kier molecular flexibility index (Phi) is 5.95. The van der Waals surface area contributed by atoms with Gasteiger partial charge in [-0.1, -0.05) is 29.5 Å². The van der Waals surface area contributed by atoms with E-state index >= 15 is 0 Å². The van der Waals surface area contributed by atoms with Crippen LogP contribution in [0.2, 0.25) is 5.15 Å². The largest absolute Gasteiger partial charge is 0.396 e. The summed E-state index contributed by atoms with van der Waals surface area (Å²) in [6.07, 6.45) is 4.59. The lowest BCUT2D eigenvalue weighted by Crippen LogP contribution is -2.19. The zero-order valence-electron chi connectivity index (χ0n) is 15.6. The van der Waals surface area contributed by atoms with Gasteiger partial charge in [-0.15, -0.1) is 11.3 Å². The first-order valence-corrected chi connectivity index (χ1v) is 10.6. The first kappa shape index (κ1) is 19.6. The maximum atomic E-state index is 9.37. The van der Waals surface area contributed by atoms with E-state index in [9.17, 15) is 5.11 Å². The van der Waals surface area contributed by atoms with E-state index in [-0.39, 0.29) is 23.8 Å². The molecule has 0 unspecified atom stereocenters. The summed E-state index contributed by atoms with van der Waals surface area (Å²) in [6.45, 7) is 0.203. The van der Waals surface area contributed by atoms with Gasteiger partial charge in [0.1, 0.15) is 11.4 Å². The van der Waals surface area contributed by atoms with Crippen LogP contribution >= 0.6 is 22.9 Å². The molecule has 1 aliphatic rings. The second kappa shape index (κ2) is 8.78. The fraction of sp³-hybridized carbons (Fsp3) is 0.286. The van der Waals surface area contributed by atoms with Crippen LogP contribution in [-0.2, 0) is 0 Å². The summed E-state index contributed by atoms with van der Waals surface area (Å²) in [5, 5.41) is 13.0. The van der Waals surface area contributed by atoms with E-state index in [0.717, 1.165) is 34.7 Å². The van der Waals surface area contributed by atoms with Gasteiger partial charge >= 0.3 is 0 Å². The SMILES string of the molecule is Nc1nc(Cl)c(C#Cc2ccc(-c3ccccn3)s2)c(N[C@H]2CC[C@@H](CO)C2)n1. The maximum absolute atomic E-state index is 9.37. The van der Waals surface area contributed by atoms with E-state index in [0.29, 0.717) is 17.3 Å². The molecule has 2 atom stereocenters. The van der Waals surface area contributed by atoms with Gasteiger partial charge in [0.05, 0.1) is 15.4 Å². The van der Waals surface area contributed by atoms with Crippen LogP contribution in [0.5, 0.6) is 0 Å². The molecule has 0 aliphatic heterocycles. The molecule has 29 heavy (non-hydrogen) atoms. The average molecular weight is 426 g/mol. The van der Waals surface area contributed by atoms with E-state index in [1.807, 2.05) is 30.3 Å². The van der Waals surface area contributed by atoms with Crippen LogP contribution < -0.4 is 11.1 Å². The third-order valence-corrected chi connectivity index (χ3v) is 6.15. The molecular weight excluding hydrogens is 406 g/mol. The normalized spacial score (nSPS) is 18.3. The number of nitrogen functional groups attached to an aromatic ring is 1. The lowest BCUT2D eigenvalue weighted by Gasteiger charge is -2.15. The molecule has 0 amide bonds. The Hall–Kier alpha value is -2.66. The lowest BCUT2D eigenvalue weighted by molar-refractivity contribution is 0.229. The van der Waals surface area contributed by atoms with Crippen molar-refractivity contribution in [1.29, 1.82) is 0 Å². The maximum Gasteiger partial charge on any atom is 0.223 e. The van der Waals surface area contributed by atoms with Gasteiger partial charge in [-0.3, -0.25) is 4.98 Å². The van der Waals surface area contributed by atoms with E-state index in [1.165, 1.54) is 0 Å². The zero-order valence-corrected chi connectivity index (χ0v) is 17.2. The van der Waals surface area contributed by atoms with Gasteiger partial charge in [0.25, 0.3) is 0 Å². The minimum absolute atomic E-state index is 0.105. The second-order valence-corrected chi connectivity index (χ2v) is 8.37. The molecule has 6 nitrogen and oxygen atoms in total. The number of pyridine rings is 1. The topological polar surface area (TPSA) is 97.0 Å². The van der Waals surface area contributed by atoms with E-state index in [2.05, 4.69) is 32.1 Å². The highest BCUT2D eigenvalue weighted by Gasteiger charge is 2.25. The predicted octanol–water partition coefficient (Wildman–Crippen LogP) is 3.81. The first-order chi connectivity index (χ1) is 14.1. The molecule has 4 N–H and O–H groups in total. The number of halogens is 1.